The van der Waals surface area contributed by atoms with Crippen molar-refractivity contribution in [3.63, 3.8) is 0 Å². The maximum atomic E-state index is 6.71. The number of fused-ring (bicyclic) bond motifs is 2. The predicted molar refractivity (Wildman–Crippen MR) is 134 cm³/mol. The molecule has 2 aromatic carbocycles. The number of nitrogens with one attached hydrogen (secondary N) is 1. The molecule has 0 bridgehead atoms. The lowest BCUT2D eigenvalue weighted by Crippen LogP contribution is -2.35. The molecule has 4 heteroatoms. The van der Waals surface area contributed by atoms with E-state index >= 15 is 0 Å². The fourth-order valence-corrected chi connectivity index (χ4v) is 5.44. The minimum Gasteiger partial charge on any atom is -0.426 e. The first-order chi connectivity index (χ1) is 14.0. The molecule has 0 spiro atoms. The lowest BCUT2D eigenvalue weighted by molar-refractivity contribution is 0.406. The van der Waals surface area contributed by atoms with Crippen molar-refractivity contribution in [1.82, 2.24) is 5.09 Å². The molecule has 0 unspecified atom stereocenters. The third kappa shape index (κ3) is 5.62. The zero-order valence-corrected chi connectivity index (χ0v) is 22.2. The number of aryl methyl sites for hydroxylation is 2. The van der Waals surface area contributed by atoms with Crippen molar-refractivity contribution < 1.29 is 9.05 Å². The van der Waals surface area contributed by atoms with Crippen LogP contribution in [0.5, 0.6) is 11.5 Å². The van der Waals surface area contributed by atoms with Gasteiger partial charge in [-0.05, 0) is 56.6 Å². The van der Waals surface area contributed by atoms with Gasteiger partial charge in [0.2, 0.25) is 0 Å². The van der Waals surface area contributed by atoms with E-state index in [0.29, 0.717) is 0 Å². The molecular formula is C27H40NO2P. The van der Waals surface area contributed by atoms with Crippen LogP contribution >= 0.6 is 8.53 Å². The normalized spacial score (nSPS) is 15.3. The Morgan fingerprint density at radius 3 is 1.39 bits per heavy atom. The molecule has 1 heterocycles. The van der Waals surface area contributed by atoms with Gasteiger partial charge in [0.25, 0.3) is 0 Å². The van der Waals surface area contributed by atoms with E-state index in [1.807, 2.05) is 0 Å². The highest BCUT2D eigenvalue weighted by molar-refractivity contribution is 7.45. The van der Waals surface area contributed by atoms with E-state index in [0.717, 1.165) is 17.9 Å². The van der Waals surface area contributed by atoms with Crippen LogP contribution in [0.3, 0.4) is 0 Å². The van der Waals surface area contributed by atoms with Crippen LogP contribution in [0.1, 0.15) is 95.7 Å². The maximum absolute atomic E-state index is 6.71. The van der Waals surface area contributed by atoms with Gasteiger partial charge in [-0.3, -0.25) is 0 Å². The second-order valence-electron chi connectivity index (χ2n) is 12.1. The van der Waals surface area contributed by atoms with Crippen LogP contribution in [-0.4, -0.2) is 5.54 Å². The SMILES string of the molecule is Cc1cc2c(c(C(C)(C)C)c1)OP(NC(C)(C)C)Oc1c(cc(C)cc1C(C)(C)C)C2. The van der Waals surface area contributed by atoms with Crippen LogP contribution in [0.15, 0.2) is 24.3 Å². The Balaban J connectivity index is 2.29. The molecule has 0 fully saturated rings. The summed E-state index contributed by atoms with van der Waals surface area (Å²) >= 11 is 0. The number of hydrogen-bond donors (Lipinski definition) is 1. The van der Waals surface area contributed by atoms with Crippen LogP contribution in [0.25, 0.3) is 0 Å². The van der Waals surface area contributed by atoms with Crippen molar-refractivity contribution >= 4 is 8.53 Å². The van der Waals surface area contributed by atoms with Crippen molar-refractivity contribution in [3.8, 4) is 11.5 Å². The highest BCUT2D eigenvalue weighted by atomic mass is 31.2. The number of hydrogen-bond acceptors (Lipinski definition) is 3. The molecule has 0 atom stereocenters. The molecule has 31 heavy (non-hydrogen) atoms. The molecule has 0 aliphatic carbocycles. The highest BCUT2D eigenvalue weighted by Gasteiger charge is 2.33. The topological polar surface area (TPSA) is 30.5 Å². The summed E-state index contributed by atoms with van der Waals surface area (Å²) in [6.45, 7) is 24.3. The summed E-state index contributed by atoms with van der Waals surface area (Å²) in [5, 5.41) is 3.61. The van der Waals surface area contributed by atoms with E-state index in [-0.39, 0.29) is 16.4 Å². The van der Waals surface area contributed by atoms with Gasteiger partial charge < -0.3 is 9.05 Å². The van der Waals surface area contributed by atoms with Crippen molar-refractivity contribution in [2.45, 2.75) is 99.0 Å². The van der Waals surface area contributed by atoms with E-state index in [4.69, 9.17) is 9.05 Å². The number of benzene rings is 2. The molecule has 0 saturated carbocycles. The Labute approximate surface area is 190 Å². The van der Waals surface area contributed by atoms with Gasteiger partial charge in [-0.15, -0.1) is 0 Å². The van der Waals surface area contributed by atoms with Crippen molar-refractivity contribution in [3.05, 3.63) is 57.6 Å². The van der Waals surface area contributed by atoms with E-state index in [1.54, 1.807) is 0 Å². The van der Waals surface area contributed by atoms with Crippen LogP contribution in [0.4, 0.5) is 0 Å². The summed E-state index contributed by atoms with van der Waals surface area (Å²) in [5.74, 6) is 1.95. The second-order valence-corrected chi connectivity index (χ2v) is 13.2. The van der Waals surface area contributed by atoms with Gasteiger partial charge >= 0.3 is 8.53 Å². The molecule has 3 rings (SSSR count). The van der Waals surface area contributed by atoms with E-state index in [1.165, 1.54) is 33.4 Å². The third-order valence-corrected chi connectivity index (χ3v) is 6.94. The largest absolute Gasteiger partial charge is 0.426 e. The molecule has 3 nitrogen and oxygen atoms in total. The monoisotopic (exact) mass is 441 g/mol. The van der Waals surface area contributed by atoms with E-state index in [2.05, 4.69) is 106 Å². The zero-order chi connectivity index (χ0) is 23.4. The molecular weight excluding hydrogens is 401 g/mol. The molecule has 0 saturated heterocycles. The first-order valence-corrected chi connectivity index (χ1v) is 12.4. The minimum atomic E-state index is -1.37. The Kier molecular flexibility index (Phi) is 6.28. The standard InChI is InChI=1S/C27H40NO2P/c1-17-12-19-16-20-13-18(2)15-22(26(6,7)8)24(20)30-31(28-27(9,10)11)29-23(19)21(14-17)25(3,4)5/h12-15,28H,16H2,1-11H3. The van der Waals surface area contributed by atoms with Crippen LogP contribution in [0.2, 0.25) is 0 Å². The quantitative estimate of drug-likeness (QED) is 0.457. The van der Waals surface area contributed by atoms with E-state index < -0.39 is 8.53 Å². The fourth-order valence-electron chi connectivity index (χ4n) is 4.00. The van der Waals surface area contributed by atoms with Gasteiger partial charge in [0.15, 0.2) is 0 Å². The highest BCUT2D eigenvalue weighted by Crippen LogP contribution is 2.50. The third-order valence-electron chi connectivity index (χ3n) is 5.39. The van der Waals surface area contributed by atoms with Crippen molar-refractivity contribution in [2.75, 3.05) is 0 Å². The summed E-state index contributed by atoms with van der Waals surface area (Å²) in [6, 6.07) is 9.10. The molecule has 0 amide bonds. The fraction of sp³-hybridized carbons (Fsp3) is 0.556. The van der Waals surface area contributed by atoms with Crippen LogP contribution in [0, 0.1) is 13.8 Å². The lowest BCUT2D eigenvalue weighted by Gasteiger charge is -2.35. The average Bonchev–Trinajstić information content (AvgIpc) is 2.54. The smallest absolute Gasteiger partial charge is 0.382 e. The molecule has 170 valence electrons. The summed E-state index contributed by atoms with van der Waals surface area (Å²) < 4.78 is 13.4. The van der Waals surface area contributed by atoms with Gasteiger partial charge in [0, 0.05) is 23.1 Å². The Hall–Kier alpha value is -1.57. The van der Waals surface area contributed by atoms with Gasteiger partial charge in [-0.25, -0.2) is 5.09 Å². The van der Waals surface area contributed by atoms with E-state index in [9.17, 15) is 0 Å². The van der Waals surface area contributed by atoms with Crippen molar-refractivity contribution in [1.29, 1.82) is 0 Å². The average molecular weight is 442 g/mol. The summed E-state index contributed by atoms with van der Waals surface area (Å²) in [5.41, 5.74) is 7.31. The zero-order valence-electron chi connectivity index (χ0n) is 21.3. The van der Waals surface area contributed by atoms with Crippen molar-refractivity contribution in [2.24, 2.45) is 0 Å². The Morgan fingerprint density at radius 1 is 0.677 bits per heavy atom. The lowest BCUT2D eigenvalue weighted by atomic mass is 9.81. The Morgan fingerprint density at radius 2 is 1.06 bits per heavy atom. The first kappa shape index (κ1) is 24.1. The summed E-state index contributed by atoms with van der Waals surface area (Å²) in [7, 11) is -1.37. The summed E-state index contributed by atoms with van der Waals surface area (Å²) in [4.78, 5) is 0. The summed E-state index contributed by atoms with van der Waals surface area (Å²) in [6.07, 6.45) is 0.804. The van der Waals surface area contributed by atoms with Gasteiger partial charge in [-0.1, -0.05) is 76.9 Å². The number of rotatable bonds is 1. The molecule has 0 radical (unpaired) electrons. The second kappa shape index (κ2) is 8.09. The first-order valence-electron chi connectivity index (χ1n) is 11.3. The molecule has 1 N–H and O–H groups in total. The van der Waals surface area contributed by atoms with Crippen LogP contribution < -0.4 is 14.1 Å². The molecule has 0 aromatic heterocycles. The van der Waals surface area contributed by atoms with Crippen LogP contribution in [-0.2, 0) is 17.3 Å². The van der Waals surface area contributed by atoms with Gasteiger partial charge in [0.05, 0.1) is 0 Å². The minimum absolute atomic E-state index is 0.0238. The Bertz CT molecular complexity index is 903. The maximum Gasteiger partial charge on any atom is 0.382 e. The van der Waals surface area contributed by atoms with Gasteiger partial charge in [-0.2, -0.15) is 0 Å². The van der Waals surface area contributed by atoms with Gasteiger partial charge in [0.1, 0.15) is 11.5 Å². The molecule has 1 aliphatic heterocycles. The molecule has 2 aromatic rings. The molecule has 1 aliphatic rings. The predicted octanol–water partition coefficient (Wildman–Crippen LogP) is 7.88.